The van der Waals surface area contributed by atoms with Crippen LogP contribution in [0, 0.1) is 0 Å². The normalized spacial score (nSPS) is 10.7. The molecule has 0 unspecified atom stereocenters. The van der Waals surface area contributed by atoms with Crippen LogP contribution < -0.4 is 10.1 Å². The van der Waals surface area contributed by atoms with Crippen molar-refractivity contribution in [1.29, 1.82) is 0 Å². The number of nitrogens with zero attached hydrogens (tertiary/aromatic N) is 1. The van der Waals surface area contributed by atoms with Crippen molar-refractivity contribution in [2.45, 2.75) is 6.54 Å². The first-order valence-electron chi connectivity index (χ1n) is 9.03. The monoisotopic (exact) mass is 394 g/mol. The van der Waals surface area contributed by atoms with Crippen molar-refractivity contribution in [3.63, 3.8) is 0 Å². The molecule has 1 amide bonds. The van der Waals surface area contributed by atoms with E-state index in [2.05, 4.69) is 10.2 Å². The fourth-order valence-electron chi connectivity index (χ4n) is 2.88. The van der Waals surface area contributed by atoms with Crippen LogP contribution in [0.5, 0.6) is 5.75 Å². The summed E-state index contributed by atoms with van der Waals surface area (Å²) in [5, 5.41) is 3.38. The van der Waals surface area contributed by atoms with Gasteiger partial charge in [0.15, 0.2) is 6.61 Å². The van der Waals surface area contributed by atoms with Crippen molar-refractivity contribution < 1.29 is 9.53 Å². The van der Waals surface area contributed by atoms with Crippen LogP contribution in [-0.2, 0) is 11.3 Å². The Balaban J connectivity index is 1.62. The van der Waals surface area contributed by atoms with Gasteiger partial charge in [0.1, 0.15) is 5.75 Å². The van der Waals surface area contributed by atoms with Crippen LogP contribution in [0.4, 0.5) is 5.69 Å². The third kappa shape index (κ3) is 5.35. The highest BCUT2D eigenvalue weighted by Crippen LogP contribution is 2.30. The molecule has 0 aliphatic heterocycles. The molecule has 0 saturated carbocycles. The summed E-state index contributed by atoms with van der Waals surface area (Å²) in [7, 11) is 3.98. The van der Waals surface area contributed by atoms with E-state index in [9.17, 15) is 4.79 Å². The van der Waals surface area contributed by atoms with E-state index in [1.54, 1.807) is 6.07 Å². The van der Waals surface area contributed by atoms with Gasteiger partial charge in [-0.3, -0.25) is 4.79 Å². The molecule has 0 aliphatic carbocycles. The molecule has 0 radical (unpaired) electrons. The van der Waals surface area contributed by atoms with Crippen LogP contribution in [0.1, 0.15) is 5.56 Å². The van der Waals surface area contributed by atoms with Gasteiger partial charge in [-0.15, -0.1) is 0 Å². The lowest BCUT2D eigenvalue weighted by Crippen LogP contribution is -2.22. The molecule has 0 aliphatic rings. The minimum Gasteiger partial charge on any atom is -0.482 e. The first-order chi connectivity index (χ1) is 13.5. The van der Waals surface area contributed by atoms with E-state index in [0.29, 0.717) is 10.8 Å². The maximum absolute atomic E-state index is 12.3. The van der Waals surface area contributed by atoms with Gasteiger partial charge >= 0.3 is 0 Å². The van der Waals surface area contributed by atoms with Gasteiger partial charge in [0, 0.05) is 12.2 Å². The Labute approximate surface area is 170 Å². The third-order valence-corrected chi connectivity index (χ3v) is 4.47. The highest BCUT2D eigenvalue weighted by molar-refractivity contribution is 6.32. The summed E-state index contributed by atoms with van der Waals surface area (Å²) in [4.78, 5) is 14.4. The number of ether oxygens (including phenoxy) is 1. The number of carbonyl (C=O) groups excluding carboxylic acids is 1. The van der Waals surface area contributed by atoms with E-state index >= 15 is 0 Å². The molecule has 0 bridgehead atoms. The Kier molecular flexibility index (Phi) is 6.69. The topological polar surface area (TPSA) is 41.6 Å². The fraction of sp³-hybridized carbons (Fsp3) is 0.174. The Morgan fingerprint density at radius 1 is 0.964 bits per heavy atom. The molecule has 3 aromatic carbocycles. The Hall–Kier alpha value is -2.82. The van der Waals surface area contributed by atoms with E-state index in [1.807, 2.05) is 80.8 Å². The molecule has 1 N–H and O–H groups in total. The zero-order valence-electron chi connectivity index (χ0n) is 16.0. The summed E-state index contributed by atoms with van der Waals surface area (Å²) >= 11 is 6.34. The van der Waals surface area contributed by atoms with Crippen LogP contribution in [0.15, 0.2) is 72.8 Å². The molecular formula is C23H23ClN2O2. The number of halogens is 1. The second kappa shape index (κ2) is 9.40. The van der Waals surface area contributed by atoms with E-state index in [1.165, 1.54) is 0 Å². The summed E-state index contributed by atoms with van der Waals surface area (Å²) in [6.07, 6.45) is 0. The first-order valence-corrected chi connectivity index (χ1v) is 9.41. The molecular weight excluding hydrogens is 372 g/mol. The minimum absolute atomic E-state index is 0.110. The summed E-state index contributed by atoms with van der Waals surface area (Å²) in [6, 6.07) is 23.3. The van der Waals surface area contributed by atoms with Crippen molar-refractivity contribution in [2.24, 2.45) is 0 Å². The van der Waals surface area contributed by atoms with Gasteiger partial charge in [0.25, 0.3) is 5.91 Å². The minimum atomic E-state index is -0.227. The van der Waals surface area contributed by atoms with Gasteiger partial charge in [0.05, 0.1) is 5.02 Å². The van der Waals surface area contributed by atoms with Crippen molar-refractivity contribution in [3.8, 4) is 16.9 Å². The zero-order valence-corrected chi connectivity index (χ0v) is 16.7. The molecule has 3 aromatic rings. The summed E-state index contributed by atoms with van der Waals surface area (Å²) < 4.78 is 5.63. The van der Waals surface area contributed by atoms with Gasteiger partial charge < -0.3 is 15.0 Å². The predicted molar refractivity (Wildman–Crippen MR) is 115 cm³/mol. The molecule has 0 saturated heterocycles. The maximum atomic E-state index is 12.3. The third-order valence-electron chi connectivity index (χ3n) is 4.18. The van der Waals surface area contributed by atoms with E-state index in [4.69, 9.17) is 16.3 Å². The number of nitrogens with one attached hydrogen (secondary N) is 1. The van der Waals surface area contributed by atoms with E-state index in [-0.39, 0.29) is 12.5 Å². The molecule has 5 heteroatoms. The van der Waals surface area contributed by atoms with Crippen molar-refractivity contribution in [3.05, 3.63) is 83.4 Å². The summed E-state index contributed by atoms with van der Waals surface area (Å²) in [5.41, 5.74) is 3.91. The van der Waals surface area contributed by atoms with Gasteiger partial charge in [-0.05, 0) is 49.0 Å². The Morgan fingerprint density at radius 3 is 2.39 bits per heavy atom. The number of para-hydroxylation sites is 1. The van der Waals surface area contributed by atoms with Crippen molar-refractivity contribution >= 4 is 23.2 Å². The molecule has 0 spiro atoms. The number of hydrogen-bond acceptors (Lipinski definition) is 3. The number of carbonyl (C=O) groups is 1. The van der Waals surface area contributed by atoms with Crippen LogP contribution in [-0.4, -0.2) is 31.5 Å². The van der Waals surface area contributed by atoms with Gasteiger partial charge in [-0.2, -0.15) is 0 Å². The molecule has 144 valence electrons. The lowest BCUT2D eigenvalue weighted by Gasteiger charge is -2.15. The van der Waals surface area contributed by atoms with Crippen LogP contribution >= 0.6 is 11.6 Å². The standard InChI is InChI=1S/C23H23ClN2O2/c1-26(2)15-19-10-6-7-11-21(19)25-23(27)16-28-22-13-12-18(14-20(22)24)17-8-4-3-5-9-17/h3-14H,15-16H2,1-2H3,(H,25,27). The number of amides is 1. The average Bonchev–Trinajstić information content (AvgIpc) is 2.69. The first kappa shape index (κ1) is 19.9. The number of rotatable bonds is 7. The SMILES string of the molecule is CN(C)Cc1ccccc1NC(=O)COc1ccc(-c2ccccc2)cc1Cl. The molecule has 0 heterocycles. The highest BCUT2D eigenvalue weighted by atomic mass is 35.5. The van der Waals surface area contributed by atoms with Crippen LogP contribution in [0.25, 0.3) is 11.1 Å². The number of anilines is 1. The smallest absolute Gasteiger partial charge is 0.262 e. The Morgan fingerprint density at radius 2 is 1.68 bits per heavy atom. The van der Waals surface area contributed by atoms with Crippen LogP contribution in [0.3, 0.4) is 0 Å². The second-order valence-corrected chi connectivity index (χ2v) is 7.15. The molecule has 0 fully saturated rings. The average molecular weight is 395 g/mol. The van der Waals surface area contributed by atoms with E-state index < -0.39 is 0 Å². The zero-order chi connectivity index (χ0) is 19.9. The van der Waals surface area contributed by atoms with Crippen molar-refractivity contribution in [1.82, 2.24) is 4.90 Å². The quantitative estimate of drug-likeness (QED) is 0.607. The summed E-state index contributed by atoms with van der Waals surface area (Å²) in [5.74, 6) is 0.257. The largest absolute Gasteiger partial charge is 0.482 e. The Bertz CT molecular complexity index is 942. The second-order valence-electron chi connectivity index (χ2n) is 6.74. The molecule has 0 atom stereocenters. The molecule has 3 rings (SSSR count). The van der Waals surface area contributed by atoms with E-state index in [0.717, 1.165) is 28.9 Å². The summed E-state index contributed by atoms with van der Waals surface area (Å²) in [6.45, 7) is 0.630. The van der Waals surface area contributed by atoms with Crippen LogP contribution in [0.2, 0.25) is 5.02 Å². The van der Waals surface area contributed by atoms with Gasteiger partial charge in [-0.1, -0.05) is 66.2 Å². The number of hydrogen-bond donors (Lipinski definition) is 1. The van der Waals surface area contributed by atoms with Crippen molar-refractivity contribution in [2.75, 3.05) is 26.0 Å². The molecule has 28 heavy (non-hydrogen) atoms. The lowest BCUT2D eigenvalue weighted by atomic mass is 10.1. The molecule has 4 nitrogen and oxygen atoms in total. The highest BCUT2D eigenvalue weighted by Gasteiger charge is 2.10. The van der Waals surface area contributed by atoms with Gasteiger partial charge in [0.2, 0.25) is 0 Å². The molecule has 0 aromatic heterocycles. The number of benzene rings is 3. The lowest BCUT2D eigenvalue weighted by molar-refractivity contribution is -0.118. The van der Waals surface area contributed by atoms with Gasteiger partial charge in [-0.25, -0.2) is 0 Å². The maximum Gasteiger partial charge on any atom is 0.262 e. The predicted octanol–water partition coefficient (Wildman–Crippen LogP) is 5.09. The fourth-order valence-corrected chi connectivity index (χ4v) is 3.11.